The van der Waals surface area contributed by atoms with Gasteiger partial charge in [0.05, 0.1) is 10.6 Å². The van der Waals surface area contributed by atoms with Crippen LogP contribution in [-0.2, 0) is 6.18 Å². The van der Waals surface area contributed by atoms with Crippen LogP contribution in [0.15, 0.2) is 17.2 Å². The van der Waals surface area contributed by atoms with Gasteiger partial charge >= 0.3 is 6.18 Å². The van der Waals surface area contributed by atoms with Crippen LogP contribution in [0.3, 0.4) is 0 Å². The van der Waals surface area contributed by atoms with Gasteiger partial charge < -0.3 is 5.32 Å². The molecule has 0 aliphatic heterocycles. The van der Waals surface area contributed by atoms with Gasteiger partial charge in [0.15, 0.2) is 0 Å². The van der Waals surface area contributed by atoms with E-state index in [-0.39, 0.29) is 11.1 Å². The quantitative estimate of drug-likeness (QED) is 0.832. The third kappa shape index (κ3) is 4.08. The van der Waals surface area contributed by atoms with Crippen molar-refractivity contribution < 1.29 is 13.2 Å². The zero-order chi connectivity index (χ0) is 13.9. The highest BCUT2D eigenvalue weighted by molar-refractivity contribution is 7.99. The molecule has 1 aromatic heterocycles. The van der Waals surface area contributed by atoms with Gasteiger partial charge in [-0.25, -0.2) is 4.98 Å². The first-order valence-corrected chi connectivity index (χ1v) is 6.55. The molecule has 0 aromatic carbocycles. The number of pyridine rings is 1. The molecule has 0 aliphatic rings. The van der Waals surface area contributed by atoms with Crippen LogP contribution in [0.2, 0.25) is 0 Å². The van der Waals surface area contributed by atoms with Gasteiger partial charge in [0.25, 0.3) is 0 Å². The summed E-state index contributed by atoms with van der Waals surface area (Å²) in [4.78, 5) is 4.14. The SMILES string of the molecule is CNc1cc(C(F)(F)F)cc(SC(C)C(C)C)n1. The van der Waals surface area contributed by atoms with Crippen molar-refractivity contribution in [2.75, 3.05) is 12.4 Å². The highest BCUT2D eigenvalue weighted by Crippen LogP contribution is 2.34. The van der Waals surface area contributed by atoms with Crippen LogP contribution < -0.4 is 5.32 Å². The molecule has 0 fully saturated rings. The van der Waals surface area contributed by atoms with Crippen molar-refractivity contribution in [3.05, 3.63) is 17.7 Å². The second kappa shape index (κ2) is 5.82. The smallest absolute Gasteiger partial charge is 0.373 e. The predicted molar refractivity (Wildman–Crippen MR) is 68.9 cm³/mol. The number of alkyl halides is 3. The van der Waals surface area contributed by atoms with Crippen molar-refractivity contribution >= 4 is 17.6 Å². The molecule has 6 heteroatoms. The lowest BCUT2D eigenvalue weighted by Gasteiger charge is -2.16. The summed E-state index contributed by atoms with van der Waals surface area (Å²) >= 11 is 1.36. The van der Waals surface area contributed by atoms with E-state index in [2.05, 4.69) is 10.3 Å². The molecule has 0 bridgehead atoms. The van der Waals surface area contributed by atoms with Crippen LogP contribution in [0.1, 0.15) is 26.3 Å². The van der Waals surface area contributed by atoms with E-state index in [9.17, 15) is 13.2 Å². The molecule has 1 N–H and O–H groups in total. The maximum atomic E-state index is 12.7. The second-order valence-electron chi connectivity index (χ2n) is 4.39. The van der Waals surface area contributed by atoms with Crippen molar-refractivity contribution in [2.24, 2.45) is 5.92 Å². The molecule has 0 radical (unpaired) electrons. The van der Waals surface area contributed by atoms with E-state index in [0.717, 1.165) is 12.1 Å². The van der Waals surface area contributed by atoms with Gasteiger partial charge in [0, 0.05) is 12.3 Å². The first-order valence-electron chi connectivity index (χ1n) is 5.67. The largest absolute Gasteiger partial charge is 0.416 e. The lowest BCUT2D eigenvalue weighted by atomic mass is 10.2. The van der Waals surface area contributed by atoms with Crippen molar-refractivity contribution in [1.29, 1.82) is 0 Å². The predicted octanol–water partition coefficient (Wildman–Crippen LogP) is 4.28. The number of nitrogens with one attached hydrogen (secondary N) is 1. The zero-order valence-corrected chi connectivity index (χ0v) is 11.6. The highest BCUT2D eigenvalue weighted by Gasteiger charge is 2.31. The molecule has 0 saturated heterocycles. The highest BCUT2D eigenvalue weighted by atomic mass is 32.2. The summed E-state index contributed by atoms with van der Waals surface area (Å²) in [6.07, 6.45) is -4.34. The number of hydrogen-bond donors (Lipinski definition) is 1. The van der Waals surface area contributed by atoms with Crippen LogP contribution >= 0.6 is 11.8 Å². The maximum absolute atomic E-state index is 12.7. The first kappa shape index (κ1) is 15.1. The van der Waals surface area contributed by atoms with E-state index >= 15 is 0 Å². The molecule has 1 rings (SSSR count). The Bertz CT molecular complexity index is 405. The number of rotatable bonds is 4. The Hall–Kier alpha value is -0.910. The molecule has 0 amide bonds. The minimum absolute atomic E-state index is 0.214. The Balaban J connectivity index is 3.05. The Morgan fingerprint density at radius 3 is 2.28 bits per heavy atom. The van der Waals surface area contributed by atoms with Crippen LogP contribution in [0.5, 0.6) is 0 Å². The number of hydrogen-bond acceptors (Lipinski definition) is 3. The Morgan fingerprint density at radius 2 is 1.83 bits per heavy atom. The number of nitrogens with zero attached hydrogens (tertiary/aromatic N) is 1. The summed E-state index contributed by atoms with van der Waals surface area (Å²) in [5, 5.41) is 3.27. The molecular formula is C12H17F3N2S. The molecule has 1 atom stereocenters. The zero-order valence-electron chi connectivity index (χ0n) is 10.8. The Kier molecular flexibility index (Phi) is 4.90. The normalized spacial score (nSPS) is 13.8. The molecule has 2 nitrogen and oxygen atoms in total. The summed E-state index contributed by atoms with van der Waals surface area (Å²) in [6, 6.07) is 2.12. The van der Waals surface area contributed by atoms with Gasteiger partial charge in [-0.2, -0.15) is 13.2 Å². The lowest BCUT2D eigenvalue weighted by molar-refractivity contribution is -0.137. The first-order chi connectivity index (χ1) is 8.24. The fourth-order valence-electron chi connectivity index (χ4n) is 1.18. The Labute approximate surface area is 109 Å². The van der Waals surface area contributed by atoms with Gasteiger partial charge in [0.1, 0.15) is 5.82 Å². The minimum atomic E-state index is -4.34. The van der Waals surface area contributed by atoms with Gasteiger partial charge in [-0.15, -0.1) is 11.8 Å². The van der Waals surface area contributed by atoms with Crippen molar-refractivity contribution in [2.45, 2.75) is 37.2 Å². The van der Waals surface area contributed by atoms with Crippen LogP contribution in [0, 0.1) is 5.92 Å². The molecule has 1 unspecified atom stereocenters. The second-order valence-corrected chi connectivity index (χ2v) is 5.79. The van der Waals surface area contributed by atoms with Crippen LogP contribution in [-0.4, -0.2) is 17.3 Å². The average molecular weight is 278 g/mol. The van der Waals surface area contributed by atoms with Gasteiger partial charge in [0.2, 0.25) is 0 Å². The third-order valence-corrected chi connectivity index (χ3v) is 4.00. The average Bonchev–Trinajstić information content (AvgIpc) is 2.27. The Morgan fingerprint density at radius 1 is 1.22 bits per heavy atom. The van der Waals surface area contributed by atoms with Crippen molar-refractivity contribution in [1.82, 2.24) is 4.98 Å². The van der Waals surface area contributed by atoms with E-state index < -0.39 is 11.7 Å². The lowest BCUT2D eigenvalue weighted by Crippen LogP contribution is -2.09. The third-order valence-electron chi connectivity index (χ3n) is 2.63. The number of thioether (sulfide) groups is 1. The molecule has 0 spiro atoms. The number of anilines is 1. The molecule has 0 aliphatic carbocycles. The molecule has 1 heterocycles. The summed E-state index contributed by atoms with van der Waals surface area (Å²) < 4.78 is 38.1. The van der Waals surface area contributed by atoms with E-state index in [4.69, 9.17) is 0 Å². The molecule has 1 aromatic rings. The van der Waals surface area contributed by atoms with E-state index in [1.54, 1.807) is 7.05 Å². The minimum Gasteiger partial charge on any atom is -0.373 e. The van der Waals surface area contributed by atoms with E-state index in [1.165, 1.54) is 11.8 Å². The monoisotopic (exact) mass is 278 g/mol. The molecule has 102 valence electrons. The van der Waals surface area contributed by atoms with E-state index in [0.29, 0.717) is 10.9 Å². The summed E-state index contributed by atoms with van der Waals surface area (Å²) in [6.45, 7) is 6.05. The molecule has 0 saturated carbocycles. The van der Waals surface area contributed by atoms with E-state index in [1.807, 2.05) is 20.8 Å². The number of aromatic nitrogens is 1. The van der Waals surface area contributed by atoms with Crippen LogP contribution in [0.25, 0.3) is 0 Å². The molecule has 18 heavy (non-hydrogen) atoms. The van der Waals surface area contributed by atoms with Gasteiger partial charge in [-0.1, -0.05) is 20.8 Å². The summed E-state index contributed by atoms with van der Waals surface area (Å²) in [5.41, 5.74) is -0.666. The van der Waals surface area contributed by atoms with Crippen molar-refractivity contribution in [3.63, 3.8) is 0 Å². The maximum Gasteiger partial charge on any atom is 0.416 e. The van der Waals surface area contributed by atoms with Gasteiger partial charge in [-0.05, 0) is 18.1 Å². The number of halogens is 3. The standard InChI is InChI=1S/C12H17F3N2S/c1-7(2)8(3)18-11-6-9(12(13,14)15)5-10(16-4)17-11/h5-8H,1-4H3,(H,16,17). The van der Waals surface area contributed by atoms with Gasteiger partial charge in [-0.3, -0.25) is 0 Å². The fourth-order valence-corrected chi connectivity index (χ4v) is 2.18. The summed E-state index contributed by atoms with van der Waals surface area (Å²) in [7, 11) is 1.56. The van der Waals surface area contributed by atoms with Crippen molar-refractivity contribution in [3.8, 4) is 0 Å². The topological polar surface area (TPSA) is 24.9 Å². The van der Waals surface area contributed by atoms with Crippen LogP contribution in [0.4, 0.5) is 19.0 Å². The fraction of sp³-hybridized carbons (Fsp3) is 0.583. The molecular weight excluding hydrogens is 261 g/mol. The summed E-state index contributed by atoms with van der Waals surface area (Å²) in [5.74, 6) is 0.618.